The molecule has 1 saturated heterocycles. The van der Waals surface area contributed by atoms with E-state index in [1.54, 1.807) is 0 Å². The maximum absolute atomic E-state index is 16.4. The molecule has 1 amide bonds. The summed E-state index contributed by atoms with van der Waals surface area (Å²) < 4.78 is 20.6. The van der Waals surface area contributed by atoms with Crippen molar-refractivity contribution < 1.29 is 14.3 Å². The molecule has 34 heavy (non-hydrogen) atoms. The van der Waals surface area contributed by atoms with Gasteiger partial charge in [-0.05, 0) is 0 Å². The molecule has 0 spiro atoms. The zero-order valence-electron chi connectivity index (χ0n) is 20.7. The zero-order chi connectivity index (χ0) is 24.7. The normalized spacial score (nSPS) is 14.7. The molecule has 188 valence electrons. The first kappa shape index (κ1) is 27.2. The number of unbranched alkanes of at least 4 members (excludes halogenated alkanes) is 3. The molecule has 2 aromatic rings. The van der Waals surface area contributed by atoms with E-state index in [2.05, 4.69) is 30.7 Å². The first-order chi connectivity index (χ1) is 16.4. The predicted octanol–water partition coefficient (Wildman–Crippen LogP) is 6.28. The first-order valence-corrected chi connectivity index (χ1v) is 20.6. The summed E-state index contributed by atoms with van der Waals surface area (Å²) in [6.07, 6.45) is 7.22. The summed E-state index contributed by atoms with van der Waals surface area (Å²) in [4.78, 5) is 23.5. The monoisotopic (exact) mass is 600 g/mol. The summed E-state index contributed by atoms with van der Waals surface area (Å²) >= 11 is 3.82. The zero-order valence-corrected chi connectivity index (χ0v) is 24.4. The molecule has 0 bridgehead atoms. The van der Waals surface area contributed by atoms with E-state index in [0.717, 1.165) is 55.4 Å². The van der Waals surface area contributed by atoms with Crippen LogP contribution in [0.3, 0.4) is 0 Å². The molecule has 1 N–H and O–H groups in total. The van der Waals surface area contributed by atoms with Crippen molar-refractivity contribution in [3.05, 3.63) is 23.2 Å². The molecule has 0 aliphatic carbocycles. The molecule has 6 nitrogen and oxygen atoms in total. The molecular formula is C25H38ClFN4O2Sn. The van der Waals surface area contributed by atoms with Gasteiger partial charge in [0, 0.05) is 0 Å². The van der Waals surface area contributed by atoms with Crippen molar-refractivity contribution in [1.29, 1.82) is 0 Å². The Hall–Kier alpha value is -1.35. The number of benzene rings is 1. The van der Waals surface area contributed by atoms with Gasteiger partial charge >= 0.3 is 212 Å². The van der Waals surface area contributed by atoms with Gasteiger partial charge in [0.15, 0.2) is 0 Å². The molecule has 1 aromatic heterocycles. The number of fused-ring (bicyclic) bond motifs is 1. The van der Waals surface area contributed by atoms with Gasteiger partial charge in [0.05, 0.1) is 0 Å². The van der Waals surface area contributed by atoms with Gasteiger partial charge < -0.3 is 0 Å². The predicted molar refractivity (Wildman–Crippen MR) is 141 cm³/mol. The maximum atomic E-state index is 16.4. The Labute approximate surface area is 211 Å². The van der Waals surface area contributed by atoms with Crippen LogP contribution in [0.25, 0.3) is 10.9 Å². The molecule has 1 fully saturated rings. The van der Waals surface area contributed by atoms with Crippen LogP contribution < -0.4 is 8.48 Å². The fourth-order valence-corrected chi connectivity index (χ4v) is 23.2. The Bertz CT molecular complexity index is 963. The number of anilines is 1. The summed E-state index contributed by atoms with van der Waals surface area (Å²) in [5.74, 6) is 0.410. The second kappa shape index (κ2) is 12.6. The van der Waals surface area contributed by atoms with E-state index >= 15 is 4.39 Å². The topological polar surface area (TPSA) is 69.6 Å². The summed E-state index contributed by atoms with van der Waals surface area (Å²) in [5, 5.41) is 10.4. The molecule has 3 rings (SSSR count). The standard InChI is InChI=1S/C13H11ClFN4O2.3C4H9.Sn/c14-8-5-9-11(10(15)6-8)16-7-17-12(9)18-1-3-19(4-2-18)13(20)21;3*1-3-4-2;/h5,7H,1-4H2,(H,20,21);3*1,3-4H2,2H3;. The Morgan fingerprint density at radius 3 is 2.09 bits per heavy atom. The molecule has 1 aliphatic heterocycles. The number of carbonyl (C=O) groups is 1. The van der Waals surface area contributed by atoms with Gasteiger partial charge in [-0.3, -0.25) is 0 Å². The summed E-state index contributed by atoms with van der Waals surface area (Å²) in [5.41, 5.74) is 0.357. The molecular weight excluding hydrogens is 561 g/mol. The van der Waals surface area contributed by atoms with E-state index in [0.29, 0.717) is 47.9 Å². The average Bonchev–Trinajstić information content (AvgIpc) is 2.84. The van der Waals surface area contributed by atoms with Crippen LogP contribution in [0, 0.1) is 5.82 Å². The second-order valence-corrected chi connectivity index (χ2v) is 22.9. The van der Waals surface area contributed by atoms with Crippen molar-refractivity contribution in [2.45, 2.75) is 72.6 Å². The van der Waals surface area contributed by atoms with E-state index in [1.165, 1.54) is 11.2 Å². The van der Waals surface area contributed by atoms with Gasteiger partial charge in [0.25, 0.3) is 0 Å². The molecule has 9 heteroatoms. The number of amides is 1. The third-order valence-electron chi connectivity index (χ3n) is 7.21. The van der Waals surface area contributed by atoms with Gasteiger partial charge in [-0.2, -0.15) is 0 Å². The van der Waals surface area contributed by atoms with Crippen molar-refractivity contribution in [3.63, 3.8) is 0 Å². The molecule has 2 heterocycles. The van der Waals surface area contributed by atoms with Crippen molar-refractivity contribution >= 4 is 56.4 Å². The van der Waals surface area contributed by atoms with Crippen LogP contribution in [-0.2, 0) is 0 Å². The number of piperazine rings is 1. The molecule has 1 aliphatic rings. The molecule has 0 atom stereocenters. The Balaban J connectivity index is 2.09. The van der Waals surface area contributed by atoms with E-state index < -0.39 is 24.5 Å². The fraction of sp³-hybridized carbons (Fsp3) is 0.640. The number of aromatic nitrogens is 2. The van der Waals surface area contributed by atoms with Crippen LogP contribution in [0.2, 0.25) is 18.3 Å². The first-order valence-electron chi connectivity index (χ1n) is 12.7. The van der Waals surface area contributed by atoms with Crippen LogP contribution in [0.5, 0.6) is 0 Å². The minimum absolute atomic E-state index is 0.227. The van der Waals surface area contributed by atoms with Crippen molar-refractivity contribution in [1.82, 2.24) is 14.9 Å². The number of halogens is 2. The second-order valence-electron chi connectivity index (χ2n) is 9.49. The quantitative estimate of drug-likeness (QED) is 0.308. The Morgan fingerprint density at radius 2 is 1.59 bits per heavy atom. The number of hydrogen-bond acceptors (Lipinski definition) is 4. The van der Waals surface area contributed by atoms with E-state index in [1.807, 2.05) is 11.0 Å². The summed E-state index contributed by atoms with van der Waals surface area (Å²) in [6, 6.07) is 1.89. The minimum atomic E-state index is -3.13. The van der Waals surface area contributed by atoms with Crippen LogP contribution in [0.15, 0.2) is 12.4 Å². The number of carboxylic acid groups (broad SMARTS) is 1. The van der Waals surface area contributed by atoms with Crippen molar-refractivity contribution in [2.75, 3.05) is 31.1 Å². The third-order valence-corrected chi connectivity index (χ3v) is 23.6. The molecule has 0 radical (unpaired) electrons. The van der Waals surface area contributed by atoms with Gasteiger partial charge in [0.1, 0.15) is 0 Å². The van der Waals surface area contributed by atoms with Crippen molar-refractivity contribution in [2.24, 2.45) is 0 Å². The van der Waals surface area contributed by atoms with Gasteiger partial charge in [-0.1, -0.05) is 0 Å². The van der Waals surface area contributed by atoms with Gasteiger partial charge in [-0.25, -0.2) is 0 Å². The fourth-order valence-electron chi connectivity index (χ4n) is 5.26. The van der Waals surface area contributed by atoms with E-state index in [4.69, 9.17) is 11.6 Å². The van der Waals surface area contributed by atoms with Gasteiger partial charge in [0.2, 0.25) is 0 Å². The van der Waals surface area contributed by atoms with Crippen LogP contribution in [0.4, 0.5) is 15.0 Å². The van der Waals surface area contributed by atoms with E-state index in [-0.39, 0.29) is 5.82 Å². The van der Waals surface area contributed by atoms with Crippen LogP contribution in [-0.4, -0.2) is 70.6 Å². The van der Waals surface area contributed by atoms with Gasteiger partial charge in [-0.15, -0.1) is 0 Å². The SMILES string of the molecule is CCC[CH2][Sn]([CH2]CCC)([CH2]CCC)[c]1c(Cl)cc2c(N3CCN(C(=O)O)CC3)ncnc2c1F. The summed E-state index contributed by atoms with van der Waals surface area (Å²) in [6.45, 7) is 8.41. The van der Waals surface area contributed by atoms with Crippen LogP contribution in [0.1, 0.15) is 59.3 Å². The summed E-state index contributed by atoms with van der Waals surface area (Å²) in [7, 11) is 0. The number of rotatable bonds is 11. The Morgan fingerprint density at radius 1 is 1.03 bits per heavy atom. The number of hydrogen-bond donors (Lipinski definition) is 1. The van der Waals surface area contributed by atoms with E-state index in [9.17, 15) is 9.90 Å². The molecule has 0 saturated carbocycles. The number of nitrogens with zero attached hydrogens (tertiary/aromatic N) is 4. The molecule has 1 aromatic carbocycles. The Kier molecular flexibility index (Phi) is 10.1. The third kappa shape index (κ3) is 5.89. The van der Waals surface area contributed by atoms with Crippen molar-refractivity contribution in [3.8, 4) is 0 Å². The van der Waals surface area contributed by atoms with Crippen LogP contribution >= 0.6 is 11.6 Å². The average molecular weight is 600 g/mol. The molecule has 0 unspecified atom stereocenters.